The Bertz CT molecular complexity index is 593. The van der Waals surface area contributed by atoms with E-state index in [4.69, 9.17) is 23.2 Å². The zero-order chi connectivity index (χ0) is 14.2. The first-order valence-electron chi connectivity index (χ1n) is 5.22. The quantitative estimate of drug-likeness (QED) is 0.777. The number of rotatable bonds is 2. The fraction of sp³-hybridized carbons (Fsp3) is 0.273. The minimum absolute atomic E-state index is 0.0270. The van der Waals surface area contributed by atoms with Crippen molar-refractivity contribution in [1.82, 2.24) is 15.0 Å². The highest BCUT2D eigenvalue weighted by Crippen LogP contribution is 2.32. The van der Waals surface area contributed by atoms with Crippen LogP contribution in [0.25, 0.3) is 5.69 Å². The van der Waals surface area contributed by atoms with Gasteiger partial charge in [-0.05, 0) is 25.1 Å². The minimum atomic E-state index is -4.47. The van der Waals surface area contributed by atoms with E-state index in [0.29, 0.717) is 5.69 Å². The number of halogens is 5. The van der Waals surface area contributed by atoms with Crippen molar-refractivity contribution in [3.8, 4) is 5.69 Å². The molecule has 2 aromatic rings. The smallest absolute Gasteiger partial charge is 0.220 e. The second-order valence-corrected chi connectivity index (χ2v) is 4.99. The van der Waals surface area contributed by atoms with E-state index < -0.39 is 11.7 Å². The van der Waals surface area contributed by atoms with Crippen LogP contribution in [0.5, 0.6) is 0 Å². The van der Waals surface area contributed by atoms with Crippen LogP contribution in [0.2, 0.25) is 5.02 Å². The van der Waals surface area contributed by atoms with Crippen LogP contribution in [-0.4, -0.2) is 15.0 Å². The maximum absolute atomic E-state index is 12.7. The Morgan fingerprint density at radius 3 is 2.47 bits per heavy atom. The molecule has 0 N–H and O–H groups in total. The highest BCUT2D eigenvalue weighted by molar-refractivity contribution is 6.30. The Morgan fingerprint density at radius 1 is 1.26 bits per heavy atom. The third kappa shape index (κ3) is 3.19. The first-order valence-corrected chi connectivity index (χ1v) is 6.03. The van der Waals surface area contributed by atoms with E-state index in [1.165, 1.54) is 16.9 Å². The van der Waals surface area contributed by atoms with Crippen molar-refractivity contribution in [1.29, 1.82) is 0 Å². The van der Waals surface area contributed by atoms with Crippen LogP contribution in [0.1, 0.15) is 23.6 Å². The maximum atomic E-state index is 12.7. The Kier molecular flexibility index (Phi) is 3.73. The summed E-state index contributed by atoms with van der Waals surface area (Å²) in [4.78, 5) is 0. The number of hydrogen-bond acceptors (Lipinski definition) is 2. The van der Waals surface area contributed by atoms with Crippen molar-refractivity contribution in [2.45, 2.75) is 18.5 Å². The van der Waals surface area contributed by atoms with Gasteiger partial charge in [-0.15, -0.1) is 16.7 Å². The lowest BCUT2D eigenvalue weighted by Gasteiger charge is -2.09. The molecule has 0 aliphatic heterocycles. The molecule has 0 saturated heterocycles. The molecular weight excluding hydrogens is 302 g/mol. The Labute approximate surface area is 116 Å². The van der Waals surface area contributed by atoms with Gasteiger partial charge in [0.1, 0.15) is 5.69 Å². The van der Waals surface area contributed by atoms with Gasteiger partial charge in [0.25, 0.3) is 0 Å². The molecule has 0 bridgehead atoms. The maximum Gasteiger partial charge on any atom is 0.416 e. The zero-order valence-corrected chi connectivity index (χ0v) is 11.1. The van der Waals surface area contributed by atoms with Gasteiger partial charge in [0.2, 0.25) is 0 Å². The highest BCUT2D eigenvalue weighted by atomic mass is 35.5. The molecule has 0 spiro atoms. The van der Waals surface area contributed by atoms with Crippen LogP contribution in [0.15, 0.2) is 24.4 Å². The van der Waals surface area contributed by atoms with Gasteiger partial charge in [-0.2, -0.15) is 13.2 Å². The molecule has 2 rings (SSSR count). The summed E-state index contributed by atoms with van der Waals surface area (Å²) in [5.74, 6) is 0. The van der Waals surface area contributed by atoms with Gasteiger partial charge in [-0.3, -0.25) is 0 Å². The lowest BCUT2D eigenvalue weighted by molar-refractivity contribution is -0.137. The molecule has 0 saturated carbocycles. The second kappa shape index (κ2) is 5.02. The SMILES string of the molecule is CC(Cl)c1cn(-c2cc(Cl)cc(C(F)(F)F)c2)nn1. The summed E-state index contributed by atoms with van der Waals surface area (Å²) in [6, 6.07) is 3.17. The van der Waals surface area contributed by atoms with Crippen LogP contribution in [0.3, 0.4) is 0 Å². The molecule has 1 heterocycles. The fourth-order valence-electron chi connectivity index (χ4n) is 1.46. The van der Waals surface area contributed by atoms with Gasteiger partial charge >= 0.3 is 6.18 Å². The summed E-state index contributed by atoms with van der Waals surface area (Å²) >= 11 is 11.5. The Hall–Kier alpha value is -1.27. The van der Waals surface area contributed by atoms with Crippen molar-refractivity contribution in [3.05, 3.63) is 40.7 Å². The molecule has 8 heteroatoms. The van der Waals surface area contributed by atoms with Gasteiger partial charge in [0.05, 0.1) is 22.8 Å². The van der Waals surface area contributed by atoms with Crippen molar-refractivity contribution < 1.29 is 13.2 Å². The van der Waals surface area contributed by atoms with E-state index in [2.05, 4.69) is 10.3 Å². The number of benzene rings is 1. The molecule has 1 aromatic carbocycles. The molecule has 19 heavy (non-hydrogen) atoms. The summed E-state index contributed by atoms with van der Waals surface area (Å²) in [6.45, 7) is 1.69. The summed E-state index contributed by atoms with van der Waals surface area (Å²) in [7, 11) is 0. The van der Waals surface area contributed by atoms with Gasteiger partial charge in [0, 0.05) is 5.02 Å². The predicted molar refractivity (Wildman–Crippen MR) is 65.6 cm³/mol. The summed E-state index contributed by atoms with van der Waals surface area (Å²) < 4.78 is 39.2. The fourth-order valence-corrected chi connectivity index (χ4v) is 1.78. The average molecular weight is 310 g/mol. The van der Waals surface area contributed by atoms with Crippen LogP contribution in [0.4, 0.5) is 13.2 Å². The van der Waals surface area contributed by atoms with Gasteiger partial charge in [-0.1, -0.05) is 16.8 Å². The monoisotopic (exact) mass is 309 g/mol. The Balaban J connectivity index is 2.47. The van der Waals surface area contributed by atoms with Crippen molar-refractivity contribution in [3.63, 3.8) is 0 Å². The lowest BCUT2D eigenvalue weighted by Crippen LogP contribution is -2.06. The van der Waals surface area contributed by atoms with E-state index in [0.717, 1.165) is 12.1 Å². The molecule has 3 nitrogen and oxygen atoms in total. The van der Waals surface area contributed by atoms with E-state index in [1.807, 2.05) is 0 Å². The molecule has 0 amide bonds. The third-order valence-electron chi connectivity index (χ3n) is 2.39. The third-order valence-corrected chi connectivity index (χ3v) is 2.83. The largest absolute Gasteiger partial charge is 0.416 e. The van der Waals surface area contributed by atoms with E-state index in [9.17, 15) is 13.2 Å². The molecule has 0 aliphatic rings. The standard InChI is InChI=1S/C11H8Cl2F3N3/c1-6(12)10-5-19(18-17-10)9-3-7(11(14,15)16)2-8(13)4-9/h2-6H,1H3. The highest BCUT2D eigenvalue weighted by Gasteiger charge is 2.31. The molecular formula is C11H8Cl2F3N3. The van der Waals surface area contributed by atoms with Crippen LogP contribution in [-0.2, 0) is 6.18 Å². The molecule has 0 aliphatic carbocycles. The summed E-state index contributed by atoms with van der Waals surface area (Å²) in [6.07, 6.45) is -3.01. The van der Waals surface area contributed by atoms with E-state index >= 15 is 0 Å². The molecule has 0 radical (unpaired) electrons. The molecule has 1 unspecified atom stereocenters. The van der Waals surface area contributed by atoms with E-state index in [1.54, 1.807) is 6.92 Å². The normalized spacial score (nSPS) is 13.6. The van der Waals surface area contributed by atoms with Crippen LogP contribution >= 0.6 is 23.2 Å². The number of nitrogens with zero attached hydrogens (tertiary/aromatic N) is 3. The second-order valence-electron chi connectivity index (χ2n) is 3.90. The summed E-state index contributed by atoms with van der Waals surface area (Å²) in [5, 5.41) is 7.09. The van der Waals surface area contributed by atoms with Crippen LogP contribution < -0.4 is 0 Å². The number of hydrogen-bond donors (Lipinski definition) is 0. The first-order chi connectivity index (χ1) is 8.77. The van der Waals surface area contributed by atoms with Crippen molar-refractivity contribution in [2.75, 3.05) is 0 Å². The lowest BCUT2D eigenvalue weighted by atomic mass is 10.2. The zero-order valence-electron chi connectivity index (χ0n) is 9.62. The van der Waals surface area contributed by atoms with Gasteiger partial charge in [-0.25, -0.2) is 4.68 Å². The number of aromatic nitrogens is 3. The molecule has 1 atom stereocenters. The summed E-state index contributed by atoms with van der Waals surface area (Å²) in [5.41, 5.74) is -0.197. The van der Waals surface area contributed by atoms with Crippen LogP contribution in [0, 0.1) is 0 Å². The first kappa shape index (κ1) is 14.1. The minimum Gasteiger partial charge on any atom is -0.220 e. The Morgan fingerprint density at radius 2 is 1.95 bits per heavy atom. The molecule has 102 valence electrons. The predicted octanol–water partition coefficient (Wildman–Crippen LogP) is 4.24. The number of alkyl halides is 4. The van der Waals surface area contributed by atoms with E-state index in [-0.39, 0.29) is 16.1 Å². The van der Waals surface area contributed by atoms with Gasteiger partial charge < -0.3 is 0 Å². The molecule has 1 aromatic heterocycles. The molecule has 0 fully saturated rings. The van der Waals surface area contributed by atoms with Gasteiger partial charge in [0.15, 0.2) is 0 Å². The van der Waals surface area contributed by atoms with Crippen molar-refractivity contribution in [2.24, 2.45) is 0 Å². The average Bonchev–Trinajstić information content (AvgIpc) is 2.76. The topological polar surface area (TPSA) is 30.7 Å². The van der Waals surface area contributed by atoms with Crippen molar-refractivity contribution >= 4 is 23.2 Å².